The highest BCUT2D eigenvalue weighted by molar-refractivity contribution is 5.97. The molecule has 0 bridgehead atoms. The molecule has 0 aliphatic heterocycles. The monoisotopic (exact) mass is 208 g/mol. The summed E-state index contributed by atoms with van der Waals surface area (Å²) in [7, 11) is 0. The van der Waals surface area contributed by atoms with Crippen LogP contribution in [0.3, 0.4) is 0 Å². The molecule has 1 aromatic carbocycles. The van der Waals surface area contributed by atoms with Gasteiger partial charge in [0, 0.05) is 12.5 Å². The third-order valence-corrected chi connectivity index (χ3v) is 1.71. The van der Waals surface area contributed by atoms with E-state index in [0.717, 1.165) is 0 Å². The third kappa shape index (κ3) is 2.78. The van der Waals surface area contributed by atoms with Gasteiger partial charge in [-0.15, -0.1) is 0 Å². The van der Waals surface area contributed by atoms with Gasteiger partial charge in [-0.3, -0.25) is 4.79 Å². The summed E-state index contributed by atoms with van der Waals surface area (Å²) in [6.07, 6.45) is 0. The standard InChI is InChI=1S/C10H10NO4/c1-10(15,9(13)14)11-8(12)7-5-3-2-4-6-7/h2-6,15H,1H2,(H,11,12)(H,13,14). The van der Waals surface area contributed by atoms with Crippen molar-refractivity contribution in [2.75, 3.05) is 0 Å². The second kappa shape index (κ2) is 4.10. The van der Waals surface area contributed by atoms with Gasteiger partial charge in [0.15, 0.2) is 0 Å². The molecule has 1 unspecified atom stereocenters. The van der Waals surface area contributed by atoms with Crippen LogP contribution in [0.5, 0.6) is 0 Å². The average molecular weight is 208 g/mol. The van der Waals surface area contributed by atoms with E-state index < -0.39 is 17.6 Å². The minimum Gasteiger partial charge on any atom is -0.478 e. The van der Waals surface area contributed by atoms with Crippen LogP contribution in [0.2, 0.25) is 0 Å². The van der Waals surface area contributed by atoms with Crippen LogP contribution >= 0.6 is 0 Å². The van der Waals surface area contributed by atoms with E-state index in [0.29, 0.717) is 0 Å². The smallest absolute Gasteiger partial charge is 0.357 e. The third-order valence-electron chi connectivity index (χ3n) is 1.71. The molecular formula is C10H10NO4. The van der Waals surface area contributed by atoms with Crippen LogP contribution in [0.25, 0.3) is 0 Å². The van der Waals surface area contributed by atoms with Crippen molar-refractivity contribution in [2.24, 2.45) is 0 Å². The number of aliphatic hydroxyl groups is 1. The number of amides is 1. The molecular weight excluding hydrogens is 198 g/mol. The predicted octanol–water partition coefficient (Wildman–Crippen LogP) is 0.0237. The Kier molecular flexibility index (Phi) is 3.06. The second-order valence-corrected chi connectivity index (χ2v) is 2.99. The quantitative estimate of drug-likeness (QED) is 0.611. The number of aliphatic carboxylic acids is 1. The van der Waals surface area contributed by atoms with E-state index in [9.17, 15) is 14.7 Å². The van der Waals surface area contributed by atoms with Crippen LogP contribution in [0, 0.1) is 6.92 Å². The van der Waals surface area contributed by atoms with Crippen LogP contribution in [0.15, 0.2) is 30.3 Å². The Morgan fingerprint density at radius 3 is 2.27 bits per heavy atom. The minimum atomic E-state index is -2.51. The molecule has 1 aromatic rings. The molecule has 0 fully saturated rings. The van der Waals surface area contributed by atoms with Crippen molar-refractivity contribution >= 4 is 11.9 Å². The highest BCUT2D eigenvalue weighted by Gasteiger charge is 2.32. The second-order valence-electron chi connectivity index (χ2n) is 2.99. The van der Waals surface area contributed by atoms with Crippen molar-refractivity contribution in [2.45, 2.75) is 5.72 Å². The fraction of sp³-hybridized carbons (Fsp3) is 0.100. The number of carbonyl (C=O) groups is 2. The summed E-state index contributed by atoms with van der Waals surface area (Å²) in [6.45, 7) is 2.96. The highest BCUT2D eigenvalue weighted by Crippen LogP contribution is 2.03. The van der Waals surface area contributed by atoms with Crippen LogP contribution in [-0.4, -0.2) is 27.8 Å². The number of nitrogens with one attached hydrogen (secondary N) is 1. The first-order chi connectivity index (χ1) is 6.93. The van der Waals surface area contributed by atoms with Gasteiger partial charge in [0.2, 0.25) is 5.72 Å². The molecule has 0 spiro atoms. The summed E-state index contributed by atoms with van der Waals surface area (Å²) in [6, 6.07) is 7.94. The summed E-state index contributed by atoms with van der Waals surface area (Å²) in [5.74, 6) is -2.32. The Morgan fingerprint density at radius 2 is 1.80 bits per heavy atom. The first-order valence-corrected chi connectivity index (χ1v) is 4.12. The molecule has 5 nitrogen and oxygen atoms in total. The van der Waals surface area contributed by atoms with Gasteiger partial charge < -0.3 is 15.5 Å². The summed E-state index contributed by atoms with van der Waals surface area (Å²) >= 11 is 0. The van der Waals surface area contributed by atoms with Crippen molar-refractivity contribution in [1.29, 1.82) is 0 Å². The molecule has 5 heteroatoms. The van der Waals surface area contributed by atoms with Gasteiger partial charge in [0.1, 0.15) is 0 Å². The average Bonchev–Trinajstić information content (AvgIpc) is 2.18. The van der Waals surface area contributed by atoms with Gasteiger partial charge in [0.25, 0.3) is 5.91 Å². The first-order valence-electron chi connectivity index (χ1n) is 4.12. The number of hydrogen-bond donors (Lipinski definition) is 3. The molecule has 3 N–H and O–H groups in total. The summed E-state index contributed by atoms with van der Waals surface area (Å²) < 4.78 is 0. The van der Waals surface area contributed by atoms with Crippen molar-refractivity contribution in [3.63, 3.8) is 0 Å². The molecule has 0 saturated carbocycles. The Bertz CT molecular complexity index is 372. The highest BCUT2D eigenvalue weighted by atomic mass is 16.4. The summed E-state index contributed by atoms with van der Waals surface area (Å²) in [5, 5.41) is 19.6. The maximum absolute atomic E-state index is 11.4. The van der Waals surface area contributed by atoms with E-state index in [4.69, 9.17) is 5.11 Å². The first kappa shape index (κ1) is 11.2. The van der Waals surface area contributed by atoms with Crippen LogP contribution in [0.1, 0.15) is 10.4 Å². The molecule has 0 aliphatic carbocycles. The molecule has 79 valence electrons. The fourth-order valence-corrected chi connectivity index (χ4v) is 0.903. The van der Waals surface area contributed by atoms with Crippen molar-refractivity contribution in [3.05, 3.63) is 42.8 Å². The maximum Gasteiger partial charge on any atom is 0.357 e. The van der Waals surface area contributed by atoms with Gasteiger partial charge in [-0.25, -0.2) is 4.79 Å². The number of rotatable bonds is 3. The number of carboxylic acid groups (broad SMARTS) is 1. The topological polar surface area (TPSA) is 86.6 Å². The molecule has 1 rings (SSSR count). The SMILES string of the molecule is [CH2]C(O)(NC(=O)c1ccccc1)C(=O)O. The minimum absolute atomic E-state index is 0.251. The zero-order valence-corrected chi connectivity index (χ0v) is 7.80. The maximum atomic E-state index is 11.4. The molecule has 0 aromatic heterocycles. The van der Waals surface area contributed by atoms with Gasteiger partial charge in [-0.1, -0.05) is 18.2 Å². The number of carbonyl (C=O) groups excluding carboxylic acids is 1. The van der Waals surface area contributed by atoms with Crippen molar-refractivity contribution < 1.29 is 19.8 Å². The van der Waals surface area contributed by atoms with Crippen LogP contribution < -0.4 is 5.32 Å². The van der Waals surface area contributed by atoms with Gasteiger partial charge >= 0.3 is 5.97 Å². The fourth-order valence-electron chi connectivity index (χ4n) is 0.903. The number of carboxylic acids is 1. The van der Waals surface area contributed by atoms with Gasteiger partial charge in [-0.2, -0.15) is 0 Å². The summed E-state index contributed by atoms with van der Waals surface area (Å²) in [4.78, 5) is 21.9. The van der Waals surface area contributed by atoms with E-state index in [1.807, 2.05) is 5.32 Å². The molecule has 0 aliphatic rings. The van der Waals surface area contributed by atoms with Crippen molar-refractivity contribution in [3.8, 4) is 0 Å². The normalized spacial score (nSPS) is 14.0. The Hall–Kier alpha value is -1.88. The molecule has 0 saturated heterocycles. The van der Waals surface area contributed by atoms with Gasteiger partial charge in [0.05, 0.1) is 0 Å². The van der Waals surface area contributed by atoms with Crippen LogP contribution in [0.4, 0.5) is 0 Å². The Labute approximate surface area is 86.4 Å². The Balaban J connectivity index is 2.77. The van der Waals surface area contributed by atoms with Gasteiger partial charge in [-0.05, 0) is 12.1 Å². The number of hydrogen-bond acceptors (Lipinski definition) is 3. The Morgan fingerprint density at radius 1 is 1.27 bits per heavy atom. The number of benzene rings is 1. The molecule has 0 heterocycles. The predicted molar refractivity (Wildman–Crippen MR) is 51.9 cm³/mol. The molecule has 1 radical (unpaired) electrons. The van der Waals surface area contributed by atoms with E-state index in [1.54, 1.807) is 18.2 Å². The lowest BCUT2D eigenvalue weighted by Gasteiger charge is -2.19. The largest absolute Gasteiger partial charge is 0.478 e. The lowest BCUT2D eigenvalue weighted by atomic mass is 10.2. The zero-order valence-electron chi connectivity index (χ0n) is 7.80. The molecule has 15 heavy (non-hydrogen) atoms. The molecule has 1 atom stereocenters. The van der Waals surface area contributed by atoms with Crippen LogP contribution in [-0.2, 0) is 4.79 Å². The van der Waals surface area contributed by atoms with E-state index in [-0.39, 0.29) is 5.56 Å². The van der Waals surface area contributed by atoms with E-state index in [2.05, 4.69) is 6.92 Å². The lowest BCUT2D eigenvalue weighted by Crippen LogP contribution is -2.52. The summed E-state index contributed by atoms with van der Waals surface area (Å²) in [5.41, 5.74) is -2.26. The van der Waals surface area contributed by atoms with E-state index in [1.165, 1.54) is 12.1 Å². The lowest BCUT2D eigenvalue weighted by molar-refractivity contribution is -0.155. The van der Waals surface area contributed by atoms with E-state index >= 15 is 0 Å². The zero-order chi connectivity index (χ0) is 11.5. The molecule has 1 amide bonds. The van der Waals surface area contributed by atoms with Crippen molar-refractivity contribution in [1.82, 2.24) is 5.32 Å².